The van der Waals surface area contributed by atoms with Crippen molar-refractivity contribution < 1.29 is 22.7 Å². The number of anilines is 1. The predicted molar refractivity (Wildman–Crippen MR) is 104 cm³/mol. The van der Waals surface area contributed by atoms with E-state index < -0.39 is 15.9 Å². The molecule has 1 amide bonds. The molecule has 2 aromatic rings. The Morgan fingerprint density at radius 3 is 2.71 bits per heavy atom. The van der Waals surface area contributed by atoms with Crippen LogP contribution in [0.1, 0.15) is 5.56 Å². The first kappa shape index (κ1) is 21.7. The van der Waals surface area contributed by atoms with Crippen molar-refractivity contribution in [2.24, 2.45) is 0 Å². The van der Waals surface area contributed by atoms with Crippen LogP contribution in [-0.4, -0.2) is 41.2 Å². The predicted octanol–water partition coefficient (Wildman–Crippen LogP) is 2.15. The van der Waals surface area contributed by atoms with E-state index in [2.05, 4.69) is 10.0 Å². The van der Waals surface area contributed by atoms with Crippen molar-refractivity contribution in [1.82, 2.24) is 4.72 Å². The fourth-order valence-electron chi connectivity index (χ4n) is 2.13. The van der Waals surface area contributed by atoms with Gasteiger partial charge in [0, 0.05) is 19.3 Å². The average molecular weight is 424 g/mol. The SMILES string of the molecule is COCCNS(=O)(=O)c1ccc(OCC(=O)Nc2cccc(C#N)c2)c(Cl)c1. The Hall–Kier alpha value is -2.64. The molecular weight excluding hydrogens is 406 g/mol. The Kier molecular flexibility index (Phi) is 7.78. The lowest BCUT2D eigenvalue weighted by Crippen LogP contribution is -2.27. The average Bonchev–Trinajstić information content (AvgIpc) is 2.67. The molecule has 0 spiro atoms. The third kappa shape index (κ3) is 6.21. The number of rotatable bonds is 9. The van der Waals surface area contributed by atoms with Gasteiger partial charge in [-0.1, -0.05) is 17.7 Å². The van der Waals surface area contributed by atoms with Gasteiger partial charge in [-0.2, -0.15) is 5.26 Å². The molecule has 0 radical (unpaired) electrons. The topological polar surface area (TPSA) is 118 Å². The monoisotopic (exact) mass is 423 g/mol. The molecule has 10 heteroatoms. The molecule has 2 aromatic carbocycles. The van der Waals surface area contributed by atoms with Gasteiger partial charge in [0.1, 0.15) is 5.75 Å². The van der Waals surface area contributed by atoms with Crippen LogP contribution in [0.4, 0.5) is 5.69 Å². The van der Waals surface area contributed by atoms with Gasteiger partial charge in [-0.3, -0.25) is 4.79 Å². The van der Waals surface area contributed by atoms with E-state index in [-0.39, 0.29) is 35.4 Å². The number of methoxy groups -OCH3 is 1. The van der Waals surface area contributed by atoms with Gasteiger partial charge in [-0.05, 0) is 36.4 Å². The van der Waals surface area contributed by atoms with Gasteiger partial charge in [0.15, 0.2) is 6.61 Å². The third-order valence-corrected chi connectivity index (χ3v) is 5.20. The molecule has 0 fully saturated rings. The standard InChI is InChI=1S/C18H18ClN3O5S/c1-26-8-7-21-28(24,25)15-5-6-17(16(19)10-15)27-12-18(23)22-14-4-2-3-13(9-14)11-20/h2-6,9-10,21H,7-8,12H2,1H3,(H,22,23). The Bertz CT molecular complexity index is 989. The van der Waals surface area contributed by atoms with E-state index in [4.69, 9.17) is 26.3 Å². The smallest absolute Gasteiger partial charge is 0.262 e. The lowest BCUT2D eigenvalue weighted by molar-refractivity contribution is -0.118. The maximum absolute atomic E-state index is 12.1. The van der Waals surface area contributed by atoms with E-state index in [1.165, 1.54) is 31.4 Å². The molecule has 0 atom stereocenters. The summed E-state index contributed by atoms with van der Waals surface area (Å²) < 4.78 is 36.8. The molecule has 2 rings (SSSR count). The summed E-state index contributed by atoms with van der Waals surface area (Å²) in [5.41, 5.74) is 0.875. The number of carbonyl (C=O) groups excluding carboxylic acids is 1. The largest absolute Gasteiger partial charge is 0.482 e. The molecule has 8 nitrogen and oxygen atoms in total. The molecule has 0 unspecified atom stereocenters. The van der Waals surface area contributed by atoms with Crippen LogP contribution in [0, 0.1) is 11.3 Å². The third-order valence-electron chi connectivity index (χ3n) is 3.45. The molecule has 2 N–H and O–H groups in total. The summed E-state index contributed by atoms with van der Waals surface area (Å²) >= 11 is 6.07. The zero-order valence-electron chi connectivity index (χ0n) is 14.9. The Balaban J connectivity index is 1.97. The second-order valence-electron chi connectivity index (χ2n) is 5.51. The van der Waals surface area contributed by atoms with Crippen LogP contribution in [0.15, 0.2) is 47.4 Å². The number of ether oxygens (including phenoxy) is 2. The molecule has 28 heavy (non-hydrogen) atoms. The summed E-state index contributed by atoms with van der Waals surface area (Å²) in [4.78, 5) is 12.0. The van der Waals surface area contributed by atoms with Crippen LogP contribution in [0.5, 0.6) is 5.75 Å². The minimum absolute atomic E-state index is 0.0290. The minimum atomic E-state index is -3.73. The number of hydrogen-bond acceptors (Lipinski definition) is 6. The van der Waals surface area contributed by atoms with Crippen molar-refractivity contribution in [2.75, 3.05) is 32.2 Å². The fourth-order valence-corrected chi connectivity index (χ4v) is 3.47. The van der Waals surface area contributed by atoms with Gasteiger partial charge in [0.2, 0.25) is 10.0 Å². The summed E-state index contributed by atoms with van der Waals surface area (Å²) in [7, 11) is -2.26. The second kappa shape index (κ2) is 10.1. The van der Waals surface area contributed by atoms with E-state index in [9.17, 15) is 13.2 Å². The first-order chi connectivity index (χ1) is 13.4. The van der Waals surface area contributed by atoms with E-state index in [0.29, 0.717) is 11.3 Å². The normalized spacial score (nSPS) is 10.9. The maximum atomic E-state index is 12.1. The number of halogens is 1. The number of carbonyl (C=O) groups is 1. The fraction of sp³-hybridized carbons (Fsp3) is 0.222. The summed E-state index contributed by atoms with van der Waals surface area (Å²) in [5, 5.41) is 11.5. The van der Waals surface area contributed by atoms with Crippen molar-refractivity contribution in [2.45, 2.75) is 4.90 Å². The number of hydrogen-bond donors (Lipinski definition) is 2. The highest BCUT2D eigenvalue weighted by Crippen LogP contribution is 2.27. The lowest BCUT2D eigenvalue weighted by atomic mass is 10.2. The summed E-state index contributed by atoms with van der Waals surface area (Å²) in [6, 6.07) is 12.3. The van der Waals surface area contributed by atoms with Crippen LogP contribution in [0.3, 0.4) is 0 Å². The van der Waals surface area contributed by atoms with Gasteiger partial charge in [-0.25, -0.2) is 13.1 Å². The first-order valence-corrected chi connectivity index (χ1v) is 9.93. The van der Waals surface area contributed by atoms with E-state index in [0.717, 1.165) is 0 Å². The Labute approximate surface area is 168 Å². The van der Waals surface area contributed by atoms with Crippen molar-refractivity contribution in [1.29, 1.82) is 5.26 Å². The first-order valence-electron chi connectivity index (χ1n) is 8.06. The summed E-state index contributed by atoms with van der Waals surface area (Å²) in [6.07, 6.45) is 0. The summed E-state index contributed by atoms with van der Waals surface area (Å²) in [5.74, 6) is -0.289. The van der Waals surface area contributed by atoms with Crippen LogP contribution in [0.25, 0.3) is 0 Å². The number of amides is 1. The lowest BCUT2D eigenvalue weighted by Gasteiger charge is -2.11. The molecule has 0 saturated heterocycles. The van der Waals surface area contributed by atoms with Crippen molar-refractivity contribution in [3.8, 4) is 11.8 Å². The molecule has 0 aliphatic rings. The highest BCUT2D eigenvalue weighted by molar-refractivity contribution is 7.89. The molecule has 0 aromatic heterocycles. The van der Waals surface area contributed by atoms with Gasteiger partial charge in [0.05, 0.1) is 28.2 Å². The van der Waals surface area contributed by atoms with Gasteiger partial charge in [-0.15, -0.1) is 0 Å². The molecule has 0 bridgehead atoms. The second-order valence-corrected chi connectivity index (χ2v) is 7.69. The van der Waals surface area contributed by atoms with Crippen LogP contribution >= 0.6 is 11.6 Å². The molecular formula is C18H18ClN3O5S. The van der Waals surface area contributed by atoms with Gasteiger partial charge in [0.25, 0.3) is 5.91 Å². The van der Waals surface area contributed by atoms with Crippen LogP contribution in [0.2, 0.25) is 5.02 Å². The van der Waals surface area contributed by atoms with E-state index in [1.54, 1.807) is 18.2 Å². The Morgan fingerprint density at radius 2 is 2.04 bits per heavy atom. The number of nitriles is 1. The van der Waals surface area contributed by atoms with Crippen molar-refractivity contribution in [3.05, 3.63) is 53.1 Å². The van der Waals surface area contributed by atoms with Crippen LogP contribution < -0.4 is 14.8 Å². The zero-order chi connectivity index (χ0) is 20.6. The van der Waals surface area contributed by atoms with E-state index >= 15 is 0 Å². The minimum Gasteiger partial charge on any atom is -0.482 e. The summed E-state index contributed by atoms with van der Waals surface area (Å²) in [6.45, 7) is 0.0249. The Morgan fingerprint density at radius 1 is 1.25 bits per heavy atom. The van der Waals surface area contributed by atoms with Gasteiger partial charge >= 0.3 is 0 Å². The van der Waals surface area contributed by atoms with Crippen molar-refractivity contribution in [3.63, 3.8) is 0 Å². The molecule has 0 saturated carbocycles. The number of nitrogens with one attached hydrogen (secondary N) is 2. The molecule has 0 heterocycles. The van der Waals surface area contributed by atoms with Crippen LogP contribution in [-0.2, 0) is 19.6 Å². The zero-order valence-corrected chi connectivity index (χ0v) is 16.5. The molecule has 0 aliphatic heterocycles. The maximum Gasteiger partial charge on any atom is 0.262 e. The van der Waals surface area contributed by atoms with E-state index in [1.807, 2.05) is 6.07 Å². The number of benzene rings is 2. The molecule has 148 valence electrons. The highest BCUT2D eigenvalue weighted by atomic mass is 35.5. The number of nitrogens with zero attached hydrogens (tertiary/aromatic N) is 1. The number of sulfonamides is 1. The highest BCUT2D eigenvalue weighted by Gasteiger charge is 2.16. The molecule has 0 aliphatic carbocycles. The van der Waals surface area contributed by atoms with Gasteiger partial charge < -0.3 is 14.8 Å². The van der Waals surface area contributed by atoms with Crippen molar-refractivity contribution >= 4 is 33.2 Å². The quantitative estimate of drug-likeness (QED) is 0.597.